The summed E-state index contributed by atoms with van der Waals surface area (Å²) in [6.07, 6.45) is 3.50. The van der Waals surface area contributed by atoms with Crippen LogP contribution in [0.25, 0.3) is 0 Å². The summed E-state index contributed by atoms with van der Waals surface area (Å²) in [5.41, 5.74) is 0. The molecule has 4 heteroatoms. The van der Waals surface area contributed by atoms with Crippen molar-refractivity contribution in [3.8, 4) is 0 Å². The van der Waals surface area contributed by atoms with Crippen molar-refractivity contribution in [2.45, 2.75) is 32.3 Å². The number of hydrogen-bond donors (Lipinski definition) is 3. The number of aliphatic hydroxyl groups is 1. The maximum Gasteiger partial charge on any atom is 0.223 e. The molecule has 1 amide bonds. The third-order valence-corrected chi connectivity index (χ3v) is 3.75. The molecule has 0 aromatic rings. The molecular weight excluding hydrogens is 204 g/mol. The van der Waals surface area contributed by atoms with Gasteiger partial charge < -0.3 is 15.7 Å². The van der Waals surface area contributed by atoms with E-state index < -0.39 is 0 Å². The van der Waals surface area contributed by atoms with Crippen LogP contribution in [0.15, 0.2) is 0 Å². The van der Waals surface area contributed by atoms with Crippen molar-refractivity contribution in [3.05, 3.63) is 0 Å². The highest BCUT2D eigenvalue weighted by Gasteiger charge is 2.56. The second-order valence-electron chi connectivity index (χ2n) is 5.13. The lowest BCUT2D eigenvalue weighted by Gasteiger charge is -2.08. The Hall–Kier alpha value is -0.610. The zero-order valence-electron chi connectivity index (χ0n) is 9.91. The van der Waals surface area contributed by atoms with E-state index in [1.807, 2.05) is 0 Å². The molecule has 0 heterocycles. The molecule has 3 unspecified atom stereocenters. The molecular formula is C12H22N2O2. The fourth-order valence-electron chi connectivity index (χ4n) is 2.91. The van der Waals surface area contributed by atoms with Crippen LogP contribution in [0.3, 0.4) is 0 Å². The second-order valence-corrected chi connectivity index (χ2v) is 5.13. The van der Waals surface area contributed by atoms with Crippen LogP contribution in [-0.2, 0) is 4.79 Å². The molecule has 3 atom stereocenters. The van der Waals surface area contributed by atoms with E-state index in [-0.39, 0.29) is 12.0 Å². The van der Waals surface area contributed by atoms with Crippen LogP contribution in [0, 0.1) is 17.8 Å². The fourth-order valence-corrected chi connectivity index (χ4v) is 2.91. The van der Waals surface area contributed by atoms with Gasteiger partial charge in [0.1, 0.15) is 0 Å². The van der Waals surface area contributed by atoms with Crippen molar-refractivity contribution in [1.82, 2.24) is 10.6 Å². The minimum Gasteiger partial charge on any atom is -0.392 e. The van der Waals surface area contributed by atoms with Gasteiger partial charge in [0, 0.05) is 25.6 Å². The first-order valence-electron chi connectivity index (χ1n) is 6.36. The smallest absolute Gasteiger partial charge is 0.223 e. The molecule has 0 aliphatic heterocycles. The Morgan fingerprint density at radius 3 is 2.69 bits per heavy atom. The van der Waals surface area contributed by atoms with Crippen molar-refractivity contribution in [1.29, 1.82) is 0 Å². The number of rotatable bonds is 6. The maximum absolute atomic E-state index is 11.7. The van der Waals surface area contributed by atoms with Gasteiger partial charge in [-0.25, -0.2) is 0 Å². The molecule has 2 aliphatic carbocycles. The number of carbonyl (C=O) groups excluding carboxylic acids is 1. The largest absolute Gasteiger partial charge is 0.392 e. The minimum atomic E-state index is -0.321. The molecule has 0 spiro atoms. The van der Waals surface area contributed by atoms with E-state index in [2.05, 4.69) is 10.6 Å². The summed E-state index contributed by atoms with van der Waals surface area (Å²) in [6, 6.07) is 0. The van der Waals surface area contributed by atoms with Crippen LogP contribution in [0.4, 0.5) is 0 Å². The Kier molecular flexibility index (Phi) is 3.82. The molecule has 4 nitrogen and oxygen atoms in total. The lowest BCUT2D eigenvalue weighted by molar-refractivity contribution is -0.123. The Balaban J connectivity index is 1.52. The van der Waals surface area contributed by atoms with Gasteiger partial charge in [-0.15, -0.1) is 0 Å². The first kappa shape index (κ1) is 11.9. The molecule has 2 aliphatic rings. The predicted octanol–water partition coefficient (Wildman–Crippen LogP) is 0.119. The van der Waals surface area contributed by atoms with Crippen LogP contribution in [-0.4, -0.2) is 36.8 Å². The fraction of sp³-hybridized carbons (Fsp3) is 0.917. The topological polar surface area (TPSA) is 61.4 Å². The molecule has 2 saturated carbocycles. The molecule has 3 N–H and O–H groups in total. The minimum absolute atomic E-state index is 0.244. The Morgan fingerprint density at radius 2 is 2.06 bits per heavy atom. The van der Waals surface area contributed by atoms with E-state index in [0.717, 1.165) is 6.54 Å². The Bertz CT molecular complexity index is 245. The van der Waals surface area contributed by atoms with E-state index in [0.29, 0.717) is 30.8 Å². The quantitative estimate of drug-likeness (QED) is 0.564. The summed E-state index contributed by atoms with van der Waals surface area (Å²) in [4.78, 5) is 11.7. The Labute approximate surface area is 96.8 Å². The van der Waals surface area contributed by atoms with Gasteiger partial charge in [-0.3, -0.25) is 4.79 Å². The molecule has 92 valence electrons. The van der Waals surface area contributed by atoms with Gasteiger partial charge in [0.25, 0.3) is 0 Å². The van der Waals surface area contributed by atoms with Gasteiger partial charge in [0.05, 0.1) is 6.10 Å². The number of aliphatic hydroxyl groups excluding tert-OH is 1. The molecule has 0 saturated heterocycles. The van der Waals surface area contributed by atoms with Gasteiger partial charge in [-0.05, 0) is 31.6 Å². The number of amides is 1. The average molecular weight is 226 g/mol. The van der Waals surface area contributed by atoms with E-state index in [1.54, 1.807) is 6.92 Å². The van der Waals surface area contributed by atoms with E-state index in [4.69, 9.17) is 5.11 Å². The second kappa shape index (κ2) is 5.15. The highest BCUT2D eigenvalue weighted by Crippen LogP contribution is 2.57. The average Bonchev–Trinajstić information content (AvgIpc) is 2.71. The zero-order valence-corrected chi connectivity index (χ0v) is 9.91. The maximum atomic E-state index is 11.7. The monoisotopic (exact) mass is 226 g/mol. The van der Waals surface area contributed by atoms with Gasteiger partial charge in [-0.1, -0.05) is 6.42 Å². The SMILES string of the molecule is CC(O)CNCCNC(=O)C1C2CCCC21. The van der Waals surface area contributed by atoms with Crippen LogP contribution >= 0.6 is 0 Å². The van der Waals surface area contributed by atoms with Gasteiger partial charge in [0.2, 0.25) is 5.91 Å². The van der Waals surface area contributed by atoms with Crippen LogP contribution in [0.2, 0.25) is 0 Å². The third kappa shape index (κ3) is 2.74. The predicted molar refractivity (Wildman–Crippen MR) is 61.9 cm³/mol. The summed E-state index contributed by atoms with van der Waals surface area (Å²) in [5.74, 6) is 1.97. The normalized spacial score (nSPS) is 33.2. The van der Waals surface area contributed by atoms with Gasteiger partial charge >= 0.3 is 0 Å². The first-order chi connectivity index (χ1) is 7.70. The number of hydrogen-bond acceptors (Lipinski definition) is 3. The summed E-state index contributed by atoms with van der Waals surface area (Å²) in [7, 11) is 0. The van der Waals surface area contributed by atoms with E-state index in [1.165, 1.54) is 19.3 Å². The molecule has 16 heavy (non-hydrogen) atoms. The number of fused-ring (bicyclic) bond motifs is 1. The zero-order chi connectivity index (χ0) is 11.5. The van der Waals surface area contributed by atoms with Gasteiger partial charge in [0.15, 0.2) is 0 Å². The summed E-state index contributed by atoms with van der Waals surface area (Å²) >= 11 is 0. The standard InChI is InChI=1S/C12H22N2O2/c1-8(15)7-13-5-6-14-12(16)11-9-3-2-4-10(9)11/h8-11,13,15H,2-7H2,1H3,(H,14,16). The van der Waals surface area contributed by atoms with Crippen molar-refractivity contribution < 1.29 is 9.90 Å². The summed E-state index contributed by atoms with van der Waals surface area (Å²) in [6.45, 7) is 3.74. The molecule has 0 aromatic carbocycles. The highest BCUT2D eigenvalue weighted by atomic mass is 16.3. The van der Waals surface area contributed by atoms with Gasteiger partial charge in [-0.2, -0.15) is 0 Å². The molecule has 0 aromatic heterocycles. The van der Waals surface area contributed by atoms with Crippen molar-refractivity contribution >= 4 is 5.91 Å². The lowest BCUT2D eigenvalue weighted by atomic mass is 10.1. The Morgan fingerprint density at radius 1 is 1.38 bits per heavy atom. The van der Waals surface area contributed by atoms with Crippen LogP contribution < -0.4 is 10.6 Å². The number of carbonyl (C=O) groups is 1. The van der Waals surface area contributed by atoms with Crippen molar-refractivity contribution in [2.24, 2.45) is 17.8 Å². The molecule has 0 radical (unpaired) electrons. The summed E-state index contributed by atoms with van der Waals surface area (Å²) < 4.78 is 0. The highest BCUT2D eigenvalue weighted by molar-refractivity contribution is 5.82. The van der Waals surface area contributed by atoms with Crippen LogP contribution in [0.5, 0.6) is 0 Å². The summed E-state index contributed by atoms with van der Waals surface area (Å²) in [5, 5.41) is 15.1. The molecule has 0 bridgehead atoms. The number of nitrogens with one attached hydrogen (secondary N) is 2. The van der Waals surface area contributed by atoms with E-state index in [9.17, 15) is 4.79 Å². The third-order valence-electron chi connectivity index (χ3n) is 3.75. The molecule has 2 fully saturated rings. The van der Waals surface area contributed by atoms with Crippen molar-refractivity contribution in [2.75, 3.05) is 19.6 Å². The lowest BCUT2D eigenvalue weighted by Crippen LogP contribution is -2.35. The van der Waals surface area contributed by atoms with Crippen molar-refractivity contribution in [3.63, 3.8) is 0 Å². The molecule has 2 rings (SSSR count). The van der Waals surface area contributed by atoms with E-state index >= 15 is 0 Å². The first-order valence-corrected chi connectivity index (χ1v) is 6.36. The van der Waals surface area contributed by atoms with Crippen LogP contribution in [0.1, 0.15) is 26.2 Å².